The molecule has 1 aliphatic rings. The Morgan fingerprint density at radius 1 is 0.333 bits per heavy atom. The van der Waals surface area contributed by atoms with E-state index in [2.05, 4.69) is 0 Å². The van der Waals surface area contributed by atoms with Crippen molar-refractivity contribution in [3.05, 3.63) is 0 Å². The quantitative estimate of drug-likeness (QED) is 0.435. The average molecular weight is 130 g/mol. The summed E-state index contributed by atoms with van der Waals surface area (Å²) in [7, 11) is 0. The molecule has 0 atom stereocenters. The summed E-state index contributed by atoms with van der Waals surface area (Å²) in [6, 6.07) is 0. The molecular weight excluding hydrogens is 108 g/mol. The maximum Gasteiger partial charge on any atom is -0.0533 e. The first-order chi connectivity index (χ1) is 3.50. The van der Waals surface area contributed by atoms with Gasteiger partial charge in [-0.15, -0.1) is 0 Å². The fourth-order valence-electron chi connectivity index (χ4n) is 1.24. The van der Waals surface area contributed by atoms with Crippen molar-refractivity contribution in [3.63, 3.8) is 0 Å². The third-order valence-electron chi connectivity index (χ3n) is 1.75. The van der Waals surface area contributed by atoms with Crippen LogP contribution < -0.4 is 0 Å². The van der Waals surface area contributed by atoms with Gasteiger partial charge in [0, 0.05) is 0 Å². The fourth-order valence-corrected chi connectivity index (χ4v) is 1.24. The number of hydrogen-bond donors (Lipinski definition) is 0. The second-order valence-electron chi connectivity index (χ2n) is 2.47. The second kappa shape index (κ2) is 8.00. The van der Waals surface area contributed by atoms with Crippen molar-refractivity contribution in [1.29, 1.82) is 0 Å². The van der Waals surface area contributed by atoms with Gasteiger partial charge in [-0.1, -0.05) is 59.8 Å². The Labute approximate surface area is 60.7 Å². The van der Waals surface area contributed by atoms with Gasteiger partial charge >= 0.3 is 0 Å². The minimum Gasteiger partial charge on any atom is -0.0776 e. The molecule has 58 valence electrons. The molecule has 1 fully saturated rings. The summed E-state index contributed by atoms with van der Waals surface area (Å²) in [5.41, 5.74) is 0. The normalized spacial score (nSPS) is 18.7. The summed E-state index contributed by atoms with van der Waals surface area (Å²) in [6.07, 6.45) is 10.5. The van der Waals surface area contributed by atoms with E-state index in [1.807, 2.05) is 0 Å². The van der Waals surface area contributed by atoms with E-state index in [1.54, 1.807) is 0 Å². The van der Waals surface area contributed by atoms with Crippen LogP contribution >= 0.6 is 0 Å². The highest BCUT2D eigenvalue weighted by atomic mass is 14.0. The summed E-state index contributed by atoms with van der Waals surface area (Å²) in [5, 5.41) is 0. The Hall–Kier alpha value is 0. The zero-order valence-electron chi connectivity index (χ0n) is 4.95. The predicted octanol–water partition coefficient (Wildman–Crippen LogP) is 4.00. The first-order valence-corrected chi connectivity index (χ1v) is 3.50. The van der Waals surface area contributed by atoms with Crippen LogP contribution in [0.4, 0.5) is 0 Å². The summed E-state index contributed by atoms with van der Waals surface area (Å²) < 4.78 is 0. The molecule has 0 N–H and O–H groups in total. The zero-order chi connectivity index (χ0) is 4.95. The molecule has 0 radical (unpaired) electrons. The molecule has 0 aliphatic heterocycles. The second-order valence-corrected chi connectivity index (χ2v) is 2.47. The third kappa shape index (κ3) is 5.88. The van der Waals surface area contributed by atoms with Crippen molar-refractivity contribution in [2.45, 2.75) is 59.8 Å². The van der Waals surface area contributed by atoms with Gasteiger partial charge in [-0.2, -0.15) is 0 Å². The Kier molecular flexibility index (Phi) is 10.4. The van der Waals surface area contributed by atoms with Crippen LogP contribution in [0.5, 0.6) is 0 Å². The molecular formula is C9H22. The molecule has 0 heteroatoms. The lowest BCUT2D eigenvalue weighted by molar-refractivity contribution is 0.702. The summed E-state index contributed by atoms with van der Waals surface area (Å²) >= 11 is 0. The van der Waals surface area contributed by atoms with Gasteiger partial charge in [-0.05, 0) is 0 Å². The van der Waals surface area contributed by atoms with Crippen LogP contribution in [0.15, 0.2) is 0 Å². The first-order valence-electron chi connectivity index (χ1n) is 3.50. The first kappa shape index (κ1) is 11.8. The Morgan fingerprint density at radius 3 is 0.556 bits per heavy atom. The van der Waals surface area contributed by atoms with Crippen molar-refractivity contribution in [2.24, 2.45) is 0 Å². The molecule has 0 spiro atoms. The van der Waals surface area contributed by atoms with Gasteiger partial charge < -0.3 is 0 Å². The maximum atomic E-state index is 1.50. The number of rotatable bonds is 0. The fraction of sp³-hybridized carbons (Fsp3) is 1.00. The predicted molar refractivity (Wildman–Crippen MR) is 45.8 cm³/mol. The Bertz CT molecular complexity index is 19.7. The van der Waals surface area contributed by atoms with Crippen molar-refractivity contribution in [3.8, 4) is 0 Å². The molecule has 1 rings (SSSR count). The third-order valence-corrected chi connectivity index (χ3v) is 1.75. The van der Waals surface area contributed by atoms with E-state index in [0.29, 0.717) is 0 Å². The number of hydrogen-bond acceptors (Lipinski definition) is 0. The molecule has 0 aromatic heterocycles. The highest BCUT2D eigenvalue weighted by molar-refractivity contribution is 4.51. The zero-order valence-corrected chi connectivity index (χ0v) is 4.95. The van der Waals surface area contributed by atoms with Gasteiger partial charge in [0.15, 0.2) is 0 Å². The molecule has 0 saturated heterocycles. The van der Waals surface area contributed by atoms with Gasteiger partial charge in [-0.3, -0.25) is 0 Å². The molecule has 0 heterocycles. The topological polar surface area (TPSA) is 0 Å². The van der Waals surface area contributed by atoms with E-state index in [9.17, 15) is 0 Å². The molecule has 0 aromatic rings. The van der Waals surface area contributed by atoms with Gasteiger partial charge in [0.2, 0.25) is 0 Å². The lowest BCUT2D eigenvalue weighted by Crippen LogP contribution is -1.66. The highest BCUT2D eigenvalue weighted by Gasteiger charge is 1.95. The van der Waals surface area contributed by atoms with Crippen LogP contribution in [-0.4, -0.2) is 0 Å². The van der Waals surface area contributed by atoms with E-state index >= 15 is 0 Å². The highest BCUT2D eigenvalue weighted by Crippen LogP contribution is 2.15. The molecule has 1 aliphatic carbocycles. The van der Waals surface area contributed by atoms with Crippen LogP contribution in [0, 0.1) is 0 Å². The van der Waals surface area contributed by atoms with Gasteiger partial charge in [0.05, 0.1) is 0 Å². The van der Waals surface area contributed by atoms with Gasteiger partial charge in [0.25, 0.3) is 0 Å². The standard InChI is InChI=1S/C7H14.2CH4/c1-2-4-6-7-5-3-1;;/h1-7H2;2*1H4. The molecule has 0 bridgehead atoms. The van der Waals surface area contributed by atoms with E-state index in [0.717, 1.165) is 0 Å². The van der Waals surface area contributed by atoms with E-state index in [4.69, 9.17) is 0 Å². The minimum absolute atomic E-state index is 0. The van der Waals surface area contributed by atoms with Crippen LogP contribution in [-0.2, 0) is 0 Å². The van der Waals surface area contributed by atoms with Gasteiger partial charge in [-0.25, -0.2) is 0 Å². The van der Waals surface area contributed by atoms with Crippen molar-refractivity contribution in [1.82, 2.24) is 0 Å². The summed E-state index contributed by atoms with van der Waals surface area (Å²) in [6.45, 7) is 0. The Balaban J connectivity index is 0. The summed E-state index contributed by atoms with van der Waals surface area (Å²) in [4.78, 5) is 0. The smallest absolute Gasteiger partial charge is 0.0533 e. The van der Waals surface area contributed by atoms with Crippen LogP contribution in [0.1, 0.15) is 59.8 Å². The minimum atomic E-state index is 0. The van der Waals surface area contributed by atoms with E-state index in [-0.39, 0.29) is 14.9 Å². The molecule has 0 unspecified atom stereocenters. The molecule has 9 heavy (non-hydrogen) atoms. The lowest BCUT2D eigenvalue weighted by Gasteiger charge is -1.85. The molecule has 1 saturated carbocycles. The average Bonchev–Trinajstić information content (AvgIpc) is 1.90. The van der Waals surface area contributed by atoms with Crippen molar-refractivity contribution in [2.75, 3.05) is 0 Å². The molecule has 0 aromatic carbocycles. The van der Waals surface area contributed by atoms with Gasteiger partial charge in [0.1, 0.15) is 0 Å². The SMILES string of the molecule is C.C.C1CCCCCC1. The maximum absolute atomic E-state index is 1.50. The van der Waals surface area contributed by atoms with E-state index in [1.165, 1.54) is 44.9 Å². The molecule has 0 amide bonds. The molecule has 0 nitrogen and oxygen atoms in total. The monoisotopic (exact) mass is 130 g/mol. The van der Waals surface area contributed by atoms with Crippen molar-refractivity contribution < 1.29 is 0 Å². The van der Waals surface area contributed by atoms with Crippen LogP contribution in [0.3, 0.4) is 0 Å². The van der Waals surface area contributed by atoms with Crippen LogP contribution in [0.2, 0.25) is 0 Å². The van der Waals surface area contributed by atoms with Crippen LogP contribution in [0.25, 0.3) is 0 Å². The van der Waals surface area contributed by atoms with Crippen molar-refractivity contribution >= 4 is 0 Å². The lowest BCUT2D eigenvalue weighted by atomic mass is 10.2. The van der Waals surface area contributed by atoms with E-state index < -0.39 is 0 Å². The summed E-state index contributed by atoms with van der Waals surface area (Å²) in [5.74, 6) is 0. The Morgan fingerprint density at radius 2 is 0.444 bits per heavy atom. The largest absolute Gasteiger partial charge is 0.0776 e.